The number of aromatic amines is 2. The maximum absolute atomic E-state index is 6.94. The van der Waals surface area contributed by atoms with E-state index in [9.17, 15) is 0 Å². The Balaban J connectivity index is 1.15. The minimum absolute atomic E-state index is 0.276. The molecule has 0 saturated carbocycles. The van der Waals surface area contributed by atoms with Crippen LogP contribution in [-0.4, -0.2) is 51.8 Å². The van der Waals surface area contributed by atoms with Gasteiger partial charge in [0.25, 0.3) is 0 Å². The quantitative estimate of drug-likeness (QED) is 0.152. The summed E-state index contributed by atoms with van der Waals surface area (Å²) in [5.41, 5.74) is 8.23. The second-order valence-electron chi connectivity index (χ2n) is 12.7. The highest BCUT2D eigenvalue weighted by Gasteiger charge is 2.31. The van der Waals surface area contributed by atoms with Gasteiger partial charge in [0, 0.05) is 33.7 Å². The molecule has 10 nitrogen and oxygen atoms in total. The van der Waals surface area contributed by atoms with Gasteiger partial charge in [-0.3, -0.25) is 0 Å². The van der Waals surface area contributed by atoms with Crippen molar-refractivity contribution >= 4 is 10.9 Å². The van der Waals surface area contributed by atoms with E-state index in [4.69, 9.17) is 24.2 Å². The maximum atomic E-state index is 6.94. The van der Waals surface area contributed by atoms with Gasteiger partial charge in [0.05, 0.1) is 61.3 Å². The largest absolute Gasteiger partial charge is 0.497 e. The molecule has 0 aliphatic carbocycles. The number of hydrogen-bond acceptors (Lipinski definition) is 7. The molecule has 6 aromatic rings. The first-order chi connectivity index (χ1) is 23.1. The van der Waals surface area contributed by atoms with Gasteiger partial charge >= 0.3 is 0 Å². The second kappa shape index (κ2) is 11.3. The van der Waals surface area contributed by atoms with E-state index >= 15 is 0 Å². The number of imidazole rings is 2. The standard InChI is InChI=1S/C37H37N7O3/c1-45-25-14-24(15-26(18-25)46-2)37-44-32-10-8-21(30-19-40-35(42-30)28-5-3-11-38-28)13-23(32)16-33(44)27-9-7-22(17-34(27)47-37)31-20-41-36(43-31)29-6-4-12-39-29/h7-10,13-20,28-29,37-39H,3-6,11-12H2,1-2H3,(H,40,42)(H,41,43)/t28-,29?,37?/m0/s1. The molecule has 2 fully saturated rings. The van der Waals surface area contributed by atoms with Crippen molar-refractivity contribution in [3.8, 4) is 51.0 Å². The third kappa shape index (κ3) is 4.87. The Kier molecular flexibility index (Phi) is 6.79. The van der Waals surface area contributed by atoms with Gasteiger partial charge in [-0.05, 0) is 81.2 Å². The first-order valence-electron chi connectivity index (χ1n) is 16.4. The summed E-state index contributed by atoms with van der Waals surface area (Å²) in [7, 11) is 3.34. The van der Waals surface area contributed by atoms with E-state index in [2.05, 4.69) is 67.6 Å². The van der Waals surface area contributed by atoms with Gasteiger partial charge in [-0.15, -0.1) is 0 Å². The van der Waals surface area contributed by atoms with Gasteiger partial charge < -0.3 is 39.4 Å². The van der Waals surface area contributed by atoms with E-state index in [-0.39, 0.29) is 6.04 Å². The third-order valence-corrected chi connectivity index (χ3v) is 9.82. The molecule has 0 amide bonds. The number of fused-ring (bicyclic) bond motifs is 5. The lowest BCUT2D eigenvalue weighted by atomic mass is 10.0. The number of nitrogens with one attached hydrogen (secondary N) is 4. The molecular weight excluding hydrogens is 590 g/mol. The predicted molar refractivity (Wildman–Crippen MR) is 181 cm³/mol. The zero-order chi connectivity index (χ0) is 31.5. The van der Waals surface area contributed by atoms with E-state index in [0.717, 1.165) is 93.6 Å². The lowest BCUT2D eigenvalue weighted by Crippen LogP contribution is -2.22. The molecule has 0 radical (unpaired) electrons. The Hall–Kier alpha value is -5.06. The molecule has 3 atom stereocenters. The van der Waals surface area contributed by atoms with E-state index in [1.165, 1.54) is 12.8 Å². The highest BCUT2D eigenvalue weighted by Crippen LogP contribution is 2.46. The average molecular weight is 628 g/mol. The predicted octanol–water partition coefficient (Wildman–Crippen LogP) is 6.89. The van der Waals surface area contributed by atoms with Crippen molar-refractivity contribution < 1.29 is 14.2 Å². The van der Waals surface area contributed by atoms with Crippen molar-refractivity contribution in [3.63, 3.8) is 0 Å². The SMILES string of the molecule is COc1cc(OC)cc(C2Oc3cc(-c4cnc(C5CCCN5)[nH]4)ccc3-c3cc4cc(-c5cnc([C@@H]6CCCN6)[nH]5)ccc4n32)c1. The van der Waals surface area contributed by atoms with Crippen LogP contribution < -0.4 is 24.8 Å². The number of nitrogens with zero attached hydrogens (tertiary/aromatic N) is 3. The highest BCUT2D eigenvalue weighted by molar-refractivity contribution is 5.92. The van der Waals surface area contributed by atoms with Crippen molar-refractivity contribution in [2.24, 2.45) is 0 Å². The summed E-state index contributed by atoms with van der Waals surface area (Å²) in [6, 6.07) is 21.7. The van der Waals surface area contributed by atoms with Crippen LogP contribution >= 0.6 is 0 Å². The fourth-order valence-electron chi connectivity index (χ4n) is 7.38. The average Bonchev–Trinajstić information content (AvgIpc) is 3.95. The zero-order valence-corrected chi connectivity index (χ0v) is 26.5. The van der Waals surface area contributed by atoms with Crippen LogP contribution in [0.3, 0.4) is 0 Å². The van der Waals surface area contributed by atoms with Crippen LogP contribution in [-0.2, 0) is 0 Å². The number of hydrogen-bond donors (Lipinski definition) is 4. The molecule has 3 aromatic heterocycles. The zero-order valence-electron chi connectivity index (χ0n) is 26.5. The summed E-state index contributed by atoms with van der Waals surface area (Å²) >= 11 is 0. The molecule has 6 heterocycles. The van der Waals surface area contributed by atoms with Gasteiger partial charge in [0.1, 0.15) is 28.9 Å². The number of methoxy groups -OCH3 is 2. The molecular formula is C37H37N7O3. The Morgan fingerprint density at radius 3 is 2.00 bits per heavy atom. The van der Waals surface area contributed by atoms with Crippen LogP contribution in [0.25, 0.3) is 44.7 Å². The molecule has 3 aliphatic rings. The summed E-state index contributed by atoms with van der Waals surface area (Å²) < 4.78 is 20.5. The molecule has 2 unspecified atom stereocenters. The lowest BCUT2D eigenvalue weighted by Gasteiger charge is -2.31. The second-order valence-corrected chi connectivity index (χ2v) is 12.7. The van der Waals surface area contributed by atoms with Crippen LogP contribution in [0.15, 0.2) is 73.1 Å². The van der Waals surface area contributed by atoms with Gasteiger partial charge in [-0.1, -0.05) is 12.1 Å². The molecule has 238 valence electrons. The fraction of sp³-hybridized carbons (Fsp3) is 0.297. The van der Waals surface area contributed by atoms with Crippen LogP contribution in [0, 0.1) is 0 Å². The summed E-state index contributed by atoms with van der Waals surface area (Å²) in [5.74, 6) is 4.21. The van der Waals surface area contributed by atoms with Crippen LogP contribution in [0.5, 0.6) is 17.2 Å². The van der Waals surface area contributed by atoms with Crippen molar-refractivity contribution in [1.82, 2.24) is 35.1 Å². The topological polar surface area (TPSA) is 114 Å². The molecule has 0 spiro atoms. The smallest absolute Gasteiger partial charge is 0.203 e. The van der Waals surface area contributed by atoms with E-state index in [0.29, 0.717) is 17.5 Å². The number of benzene rings is 3. The van der Waals surface area contributed by atoms with Crippen LogP contribution in [0.4, 0.5) is 0 Å². The van der Waals surface area contributed by atoms with Crippen molar-refractivity contribution in [3.05, 3.63) is 90.3 Å². The molecule has 2 saturated heterocycles. The van der Waals surface area contributed by atoms with Gasteiger partial charge in [-0.25, -0.2) is 9.97 Å². The molecule has 4 N–H and O–H groups in total. The summed E-state index contributed by atoms with van der Waals surface area (Å²) in [6.45, 7) is 2.06. The van der Waals surface area contributed by atoms with Crippen LogP contribution in [0.2, 0.25) is 0 Å². The molecule has 10 heteroatoms. The summed E-state index contributed by atoms with van der Waals surface area (Å²) in [5, 5.41) is 8.19. The van der Waals surface area contributed by atoms with Crippen LogP contribution in [0.1, 0.15) is 61.2 Å². The van der Waals surface area contributed by atoms with Crippen molar-refractivity contribution in [1.29, 1.82) is 0 Å². The fourth-order valence-corrected chi connectivity index (χ4v) is 7.38. The van der Waals surface area contributed by atoms with E-state index in [1.807, 2.05) is 30.6 Å². The number of rotatable bonds is 7. The first-order valence-corrected chi connectivity index (χ1v) is 16.4. The normalized spacial score (nSPS) is 20.3. The number of aromatic nitrogens is 5. The molecule has 3 aromatic carbocycles. The maximum Gasteiger partial charge on any atom is 0.203 e. The monoisotopic (exact) mass is 627 g/mol. The van der Waals surface area contributed by atoms with Crippen molar-refractivity contribution in [2.45, 2.75) is 44.0 Å². The Labute approximate surface area is 272 Å². The molecule has 47 heavy (non-hydrogen) atoms. The van der Waals surface area contributed by atoms with E-state index in [1.54, 1.807) is 14.2 Å². The highest BCUT2D eigenvalue weighted by atomic mass is 16.5. The Morgan fingerprint density at radius 2 is 1.38 bits per heavy atom. The minimum Gasteiger partial charge on any atom is -0.497 e. The number of ether oxygens (including phenoxy) is 3. The first kappa shape index (κ1) is 28.2. The van der Waals surface area contributed by atoms with Gasteiger partial charge in [-0.2, -0.15) is 0 Å². The van der Waals surface area contributed by atoms with Crippen molar-refractivity contribution in [2.75, 3.05) is 27.3 Å². The van der Waals surface area contributed by atoms with Gasteiger partial charge in [0.2, 0.25) is 6.23 Å². The lowest BCUT2D eigenvalue weighted by molar-refractivity contribution is 0.172. The Bertz CT molecular complexity index is 2080. The summed E-state index contributed by atoms with van der Waals surface area (Å²) in [4.78, 5) is 16.5. The minimum atomic E-state index is -0.452. The number of H-pyrrole nitrogens is 2. The molecule has 9 rings (SSSR count). The summed E-state index contributed by atoms with van der Waals surface area (Å²) in [6.07, 6.45) is 7.96. The molecule has 3 aliphatic heterocycles. The van der Waals surface area contributed by atoms with Gasteiger partial charge in [0.15, 0.2) is 0 Å². The third-order valence-electron chi connectivity index (χ3n) is 9.82. The molecule has 0 bridgehead atoms. The van der Waals surface area contributed by atoms with E-state index < -0.39 is 6.23 Å². The Morgan fingerprint density at radius 1 is 0.745 bits per heavy atom.